The first kappa shape index (κ1) is 28.5. The average molecular weight is 497 g/mol. The van der Waals surface area contributed by atoms with Crippen molar-refractivity contribution in [3.05, 3.63) is 0 Å². The summed E-state index contributed by atoms with van der Waals surface area (Å²) in [6.45, 7) is 16.2. The minimum Gasteiger partial charge on any atom is -0.467 e. The number of amides is 2. The van der Waals surface area contributed by atoms with Gasteiger partial charge in [-0.25, -0.2) is 9.59 Å². The van der Waals surface area contributed by atoms with Crippen molar-refractivity contribution in [2.45, 2.75) is 122 Å². The summed E-state index contributed by atoms with van der Waals surface area (Å²) >= 11 is 0. The van der Waals surface area contributed by atoms with Crippen molar-refractivity contribution in [1.29, 1.82) is 0 Å². The van der Waals surface area contributed by atoms with Crippen molar-refractivity contribution >= 4 is 32.5 Å². The number of rotatable bonds is 4. The number of hydrogen-bond acceptors (Lipinski definition) is 6. The lowest BCUT2D eigenvalue weighted by Crippen LogP contribution is -2.51. The molecule has 2 fully saturated rings. The van der Waals surface area contributed by atoms with Crippen molar-refractivity contribution in [2.24, 2.45) is 10.9 Å². The molecule has 2 aliphatic heterocycles. The molecule has 0 aromatic carbocycles. The lowest BCUT2D eigenvalue weighted by atomic mass is 10.0. The van der Waals surface area contributed by atoms with Crippen molar-refractivity contribution < 1.29 is 28.3 Å². The highest BCUT2D eigenvalue weighted by atomic mass is 28.4. The largest absolute Gasteiger partial charge is 0.467 e. The van der Waals surface area contributed by atoms with Gasteiger partial charge in [0, 0.05) is 12.6 Å². The van der Waals surface area contributed by atoms with Crippen molar-refractivity contribution in [3.8, 4) is 0 Å². The first-order chi connectivity index (χ1) is 15.6. The molecule has 34 heavy (non-hydrogen) atoms. The number of carbonyl (C=O) groups is 3. The maximum Gasteiger partial charge on any atom is 0.433 e. The fraction of sp³-hybridized carbons (Fsp3) is 0.840. The van der Waals surface area contributed by atoms with E-state index in [0.29, 0.717) is 12.8 Å². The van der Waals surface area contributed by atoms with Crippen LogP contribution in [-0.4, -0.2) is 68.3 Å². The molecular weight excluding hydrogens is 452 g/mol. The third-order valence-electron chi connectivity index (χ3n) is 7.14. The Morgan fingerprint density at radius 1 is 1.06 bits per heavy atom. The zero-order valence-corrected chi connectivity index (χ0v) is 23.5. The predicted molar refractivity (Wildman–Crippen MR) is 134 cm³/mol. The van der Waals surface area contributed by atoms with E-state index in [1.165, 1.54) is 13.3 Å². The molecule has 0 aromatic heterocycles. The van der Waals surface area contributed by atoms with Crippen LogP contribution in [0.5, 0.6) is 0 Å². The van der Waals surface area contributed by atoms with E-state index in [2.05, 4.69) is 38.9 Å². The van der Waals surface area contributed by atoms with Crippen LogP contribution in [0.4, 0.5) is 4.79 Å². The Labute approximate surface area is 205 Å². The molecule has 0 spiro atoms. The van der Waals surface area contributed by atoms with Gasteiger partial charge >= 0.3 is 12.1 Å². The molecule has 0 N–H and O–H groups in total. The van der Waals surface area contributed by atoms with E-state index in [4.69, 9.17) is 13.9 Å². The quantitative estimate of drug-likeness (QED) is 0.305. The van der Waals surface area contributed by atoms with Crippen LogP contribution in [0, 0.1) is 5.92 Å². The topological polar surface area (TPSA) is 94.5 Å². The Bertz CT molecular complexity index is 783. The van der Waals surface area contributed by atoms with Gasteiger partial charge in [0.15, 0.2) is 8.32 Å². The predicted octanol–water partition coefficient (Wildman–Crippen LogP) is 5.11. The minimum absolute atomic E-state index is 0.00626. The Morgan fingerprint density at radius 3 is 2.24 bits per heavy atom. The second-order valence-corrected chi connectivity index (χ2v) is 16.8. The summed E-state index contributed by atoms with van der Waals surface area (Å²) in [5.74, 6) is -1.23. The Balaban J connectivity index is 2.37. The molecule has 8 nitrogen and oxygen atoms in total. The number of nitrogens with zero attached hydrogens (tertiary/aromatic N) is 2. The molecule has 0 aliphatic carbocycles. The van der Waals surface area contributed by atoms with Gasteiger partial charge in [-0.1, -0.05) is 40.0 Å². The third-order valence-corrected chi connectivity index (χ3v) is 11.6. The number of methoxy groups -OCH3 is 1. The van der Waals surface area contributed by atoms with Crippen LogP contribution >= 0.6 is 0 Å². The number of ether oxygens (including phenoxy) is 2. The smallest absolute Gasteiger partial charge is 0.433 e. The molecule has 0 aromatic rings. The van der Waals surface area contributed by atoms with Gasteiger partial charge in [0.05, 0.1) is 25.2 Å². The number of esters is 1. The van der Waals surface area contributed by atoms with Gasteiger partial charge in [0.1, 0.15) is 11.6 Å². The average Bonchev–Trinajstić information content (AvgIpc) is 3.06. The summed E-state index contributed by atoms with van der Waals surface area (Å²) in [4.78, 5) is 44.3. The van der Waals surface area contributed by atoms with E-state index < -0.39 is 37.9 Å². The van der Waals surface area contributed by atoms with Crippen molar-refractivity contribution in [2.75, 3.05) is 7.11 Å². The summed E-state index contributed by atoms with van der Waals surface area (Å²) in [6, 6.07) is -0.908. The lowest BCUT2D eigenvalue weighted by molar-refractivity contribution is -0.153. The maximum atomic E-state index is 13.8. The van der Waals surface area contributed by atoms with E-state index in [0.717, 1.165) is 25.7 Å². The van der Waals surface area contributed by atoms with E-state index in [1.54, 1.807) is 25.7 Å². The van der Waals surface area contributed by atoms with Gasteiger partial charge in [-0.05, 0) is 51.7 Å². The minimum atomic E-state index is -2.13. The van der Waals surface area contributed by atoms with Gasteiger partial charge in [0.25, 0.3) is 0 Å². The molecule has 0 radical (unpaired) electrons. The highest BCUT2D eigenvalue weighted by Crippen LogP contribution is 2.42. The second kappa shape index (κ2) is 10.9. The molecule has 4 atom stereocenters. The standard InChI is InChI=1S/C25H44N2O6Si/c1-24(2,3)32-23(30)26-16-17-13-11-10-12-14-18-20(33-34(8,9)25(4,5)6)15-19(22(29)31-7)27(18)21(17)28/h16-20H,10-15H2,1-9H3/t17?,18-,19-,20?/m0/s1. The molecular formula is C25H44N2O6Si. The third kappa shape index (κ3) is 7.13. The summed E-state index contributed by atoms with van der Waals surface area (Å²) in [6.07, 6.45) is 4.95. The van der Waals surface area contributed by atoms with Crippen LogP contribution < -0.4 is 0 Å². The fourth-order valence-corrected chi connectivity index (χ4v) is 5.72. The first-order valence-electron chi connectivity index (χ1n) is 12.4. The summed E-state index contributed by atoms with van der Waals surface area (Å²) in [5, 5.41) is 0.00626. The highest BCUT2D eigenvalue weighted by molar-refractivity contribution is 6.74. The Kier molecular flexibility index (Phi) is 9.13. The summed E-state index contributed by atoms with van der Waals surface area (Å²) in [7, 11) is -0.783. The number of carbonyl (C=O) groups excluding carboxylic acids is 3. The van der Waals surface area contributed by atoms with Gasteiger partial charge < -0.3 is 18.8 Å². The van der Waals surface area contributed by atoms with Crippen LogP contribution in [0.15, 0.2) is 4.99 Å². The molecule has 2 amide bonds. The molecule has 0 saturated carbocycles. The number of aliphatic imine (C=N–C) groups is 1. The monoisotopic (exact) mass is 496 g/mol. The second-order valence-electron chi connectivity index (χ2n) is 12.0. The van der Waals surface area contributed by atoms with Crippen LogP contribution in [0.2, 0.25) is 18.1 Å². The summed E-state index contributed by atoms with van der Waals surface area (Å²) in [5.41, 5.74) is -0.665. The SMILES string of the molecule is COC(=O)[C@@H]1CC(O[Si](C)(C)C(C)(C)C)[C@@H]2CCCCCC(C=NC(=O)OC(C)(C)C)C(=O)N12. The van der Waals surface area contributed by atoms with Crippen LogP contribution in [0.25, 0.3) is 0 Å². The van der Waals surface area contributed by atoms with Gasteiger partial charge in [0.2, 0.25) is 5.91 Å². The molecule has 9 heteroatoms. The van der Waals surface area contributed by atoms with Crippen LogP contribution in [-0.2, 0) is 23.5 Å². The summed E-state index contributed by atoms with van der Waals surface area (Å²) < 4.78 is 17.1. The van der Waals surface area contributed by atoms with Crippen molar-refractivity contribution in [3.63, 3.8) is 0 Å². The molecule has 2 aliphatic rings. The number of hydrogen-bond donors (Lipinski definition) is 0. The van der Waals surface area contributed by atoms with E-state index in [1.807, 2.05) is 0 Å². The Hall–Kier alpha value is -1.74. The van der Waals surface area contributed by atoms with E-state index in [9.17, 15) is 14.4 Å². The molecule has 2 saturated heterocycles. The first-order valence-corrected chi connectivity index (χ1v) is 15.3. The normalized spacial score (nSPS) is 27.1. The maximum absolute atomic E-state index is 13.8. The van der Waals surface area contributed by atoms with E-state index in [-0.39, 0.29) is 23.1 Å². The van der Waals surface area contributed by atoms with Crippen LogP contribution in [0.3, 0.4) is 0 Å². The van der Waals surface area contributed by atoms with Crippen molar-refractivity contribution in [1.82, 2.24) is 4.90 Å². The van der Waals surface area contributed by atoms with Gasteiger partial charge in [-0.15, -0.1) is 0 Å². The Morgan fingerprint density at radius 2 is 1.68 bits per heavy atom. The molecule has 2 heterocycles. The highest BCUT2D eigenvalue weighted by Gasteiger charge is 2.52. The van der Waals surface area contributed by atoms with Crippen LogP contribution in [0.1, 0.15) is 80.1 Å². The molecule has 2 unspecified atom stereocenters. The number of fused-ring (bicyclic) bond motifs is 1. The fourth-order valence-electron chi connectivity index (χ4n) is 4.36. The van der Waals surface area contributed by atoms with Gasteiger partial charge in [-0.3, -0.25) is 4.79 Å². The molecule has 2 rings (SSSR count). The zero-order chi connectivity index (χ0) is 25.9. The van der Waals surface area contributed by atoms with Gasteiger partial charge in [-0.2, -0.15) is 4.99 Å². The lowest BCUT2D eigenvalue weighted by Gasteiger charge is -2.40. The molecule has 0 bridgehead atoms. The zero-order valence-electron chi connectivity index (χ0n) is 22.5. The molecule has 194 valence electrons. The van der Waals surface area contributed by atoms with E-state index >= 15 is 0 Å².